The van der Waals surface area contributed by atoms with Crippen LogP contribution in [-0.2, 0) is 9.50 Å². The van der Waals surface area contributed by atoms with Gasteiger partial charge in [-0.3, -0.25) is 0 Å². The Hall–Kier alpha value is -1.89. The van der Waals surface area contributed by atoms with E-state index in [9.17, 15) is 9.50 Å². The monoisotopic (exact) mass is 263 g/mol. The molecule has 5 N–H and O–H groups in total. The average Bonchev–Trinajstić information content (AvgIpc) is 2.34. The third kappa shape index (κ3) is 4.37. The molecule has 0 aliphatic heterocycles. The molecule has 19 heavy (non-hydrogen) atoms. The topological polar surface area (TPSA) is 104 Å². The number of carboxylic acid groups (broad SMARTS) is 1. The summed E-state index contributed by atoms with van der Waals surface area (Å²) >= 11 is 0. The van der Waals surface area contributed by atoms with Crippen molar-refractivity contribution < 1.29 is 14.6 Å². The molecule has 0 spiro atoms. The number of nitrogens with one attached hydrogen (secondary N) is 2. The molecule has 1 aromatic carbocycles. The van der Waals surface area contributed by atoms with E-state index in [0.717, 1.165) is 11.1 Å². The van der Waals surface area contributed by atoms with Gasteiger partial charge in [-0.1, -0.05) is 0 Å². The van der Waals surface area contributed by atoms with Gasteiger partial charge in [-0.25, -0.2) is 0 Å². The van der Waals surface area contributed by atoms with Crippen LogP contribution in [0, 0.1) is 13.8 Å². The van der Waals surface area contributed by atoms with Crippen LogP contribution in [-0.4, -0.2) is 37.3 Å². The zero-order valence-electron chi connectivity index (χ0n) is 11.1. The summed E-state index contributed by atoms with van der Waals surface area (Å²) in [5, 5.41) is 14.6. The van der Waals surface area contributed by atoms with Crippen molar-refractivity contribution in [2.45, 2.75) is 19.9 Å². The fourth-order valence-corrected chi connectivity index (χ4v) is 1.77. The molecule has 0 bridgehead atoms. The molecule has 0 unspecified atom stereocenters. The molecule has 1 rings (SSSR count). The molecule has 0 saturated carbocycles. The number of rotatable bonds is 7. The Morgan fingerprint density at radius 3 is 2.74 bits per heavy atom. The van der Waals surface area contributed by atoms with E-state index in [1.165, 1.54) is 0 Å². The Kier molecular flexibility index (Phi) is 5.50. The summed E-state index contributed by atoms with van der Waals surface area (Å²) in [6, 6.07) is 2.98. The van der Waals surface area contributed by atoms with Gasteiger partial charge in [-0.2, -0.15) is 0 Å². The van der Waals surface area contributed by atoms with Crippen molar-refractivity contribution in [2.75, 3.05) is 24.0 Å². The number of aliphatic carboxylic acids is 1. The number of aryl methyl sites for hydroxylation is 2. The second kappa shape index (κ2) is 6.89. The fraction of sp³-hybridized carbons (Fsp3) is 0.417. The van der Waals surface area contributed by atoms with E-state index in [0.29, 0.717) is 18.5 Å². The summed E-state index contributed by atoms with van der Waals surface area (Å²) < 4.78 is 10.3. The predicted octanol–water partition coefficient (Wildman–Crippen LogP) is 0.348. The molecule has 0 fully saturated rings. The van der Waals surface area contributed by atoms with Crippen LogP contribution in [0.1, 0.15) is 11.1 Å². The van der Waals surface area contributed by atoms with Crippen molar-refractivity contribution in [3.63, 3.8) is 0 Å². The van der Waals surface area contributed by atoms with Gasteiger partial charge in [0.2, 0.25) is 0 Å². The van der Waals surface area contributed by atoms with Gasteiger partial charge >= 0.3 is 112 Å². The van der Waals surface area contributed by atoms with E-state index in [1.807, 2.05) is 26.0 Å². The van der Waals surface area contributed by atoms with E-state index >= 15 is 0 Å². The van der Waals surface area contributed by atoms with Crippen LogP contribution in [0.4, 0.5) is 11.4 Å². The van der Waals surface area contributed by atoms with E-state index in [2.05, 4.69) is 10.6 Å². The molecule has 7 heteroatoms. The Morgan fingerprint density at radius 1 is 1.47 bits per heavy atom. The Morgan fingerprint density at radius 2 is 2.16 bits per heavy atom. The molecule has 6 nitrogen and oxygen atoms in total. The van der Waals surface area contributed by atoms with E-state index in [1.54, 1.807) is 0 Å². The van der Waals surface area contributed by atoms with Crippen LogP contribution < -0.4 is 16.4 Å². The quantitative estimate of drug-likeness (QED) is 0.418. The van der Waals surface area contributed by atoms with Crippen molar-refractivity contribution in [1.29, 1.82) is 0 Å². The first-order valence-electron chi connectivity index (χ1n) is 5.96. The number of nitrogen functional groups attached to an aromatic ring is 1. The minimum atomic E-state index is -1.02. The second-order valence-corrected chi connectivity index (χ2v) is 4.39. The van der Waals surface area contributed by atoms with Crippen molar-refractivity contribution in [3.05, 3.63) is 23.3 Å². The molecule has 0 radical (unpaired) electrons. The van der Waals surface area contributed by atoms with Crippen molar-refractivity contribution in [2.24, 2.45) is 0 Å². The number of benzene rings is 1. The minimum absolute atomic E-state index is 0.000966. The maximum absolute atomic E-state index is 11.0. The Balaban J connectivity index is 2.73. The fourth-order valence-electron chi connectivity index (χ4n) is 1.77. The molecule has 1 aromatic rings. The number of anilines is 2. The summed E-state index contributed by atoms with van der Waals surface area (Å²) in [6.07, 6.45) is 0.000966. The first-order valence-corrected chi connectivity index (χ1v) is 5.96. The van der Waals surface area contributed by atoms with Crippen LogP contribution >= 0.6 is 0 Å². The molecular formula is C12H18BN3O3. The van der Waals surface area contributed by atoms with Gasteiger partial charge in [0, 0.05) is 0 Å². The van der Waals surface area contributed by atoms with Gasteiger partial charge in [0.05, 0.1) is 0 Å². The van der Waals surface area contributed by atoms with E-state index in [-0.39, 0.29) is 13.0 Å². The number of carbonyl (C=O) groups is 1. The first-order chi connectivity index (χ1) is 8.95. The zero-order chi connectivity index (χ0) is 14.4. The second-order valence-electron chi connectivity index (χ2n) is 4.39. The summed E-state index contributed by atoms with van der Waals surface area (Å²) in [5.74, 6) is -1.02. The molecule has 0 amide bonds. The summed E-state index contributed by atoms with van der Waals surface area (Å²) in [7, 11) is 0.626. The van der Waals surface area contributed by atoms with Gasteiger partial charge in [-0.15, -0.1) is 0 Å². The third-order valence-electron chi connectivity index (χ3n) is 2.77. The van der Waals surface area contributed by atoms with Crippen molar-refractivity contribution in [1.82, 2.24) is 5.32 Å². The Bertz CT molecular complexity index is 480. The standard InChI is InChI=1S/C12H18BN3O3/c1-7-3-8(2)11(14)9(4-7)15-5-10(12(17)18)16-6-13-19/h3-4,10,15-16H,5-6,14H2,1-2H3,(H,17,18)/t10-/m0/s1. The van der Waals surface area contributed by atoms with Gasteiger partial charge < -0.3 is 0 Å². The first kappa shape index (κ1) is 15.2. The molecule has 0 aliphatic carbocycles. The molecule has 0 saturated heterocycles. The Labute approximate surface area is 112 Å². The summed E-state index contributed by atoms with van der Waals surface area (Å²) in [6.45, 7) is 3.99. The zero-order valence-corrected chi connectivity index (χ0v) is 11.1. The SMILES string of the molecule is Cc1cc(C)c(N)c(NC[C@H](NCB=O)C(=O)O)c1. The molecule has 102 valence electrons. The predicted molar refractivity (Wildman–Crippen MR) is 74.7 cm³/mol. The van der Waals surface area contributed by atoms with E-state index < -0.39 is 12.0 Å². The third-order valence-corrected chi connectivity index (χ3v) is 2.77. The van der Waals surface area contributed by atoms with Crippen molar-refractivity contribution in [3.8, 4) is 0 Å². The van der Waals surface area contributed by atoms with Crippen LogP contribution in [0.2, 0.25) is 0 Å². The van der Waals surface area contributed by atoms with Gasteiger partial charge in [0.15, 0.2) is 0 Å². The van der Waals surface area contributed by atoms with Gasteiger partial charge in [0.1, 0.15) is 0 Å². The summed E-state index contributed by atoms with van der Waals surface area (Å²) in [4.78, 5) is 11.0. The maximum atomic E-state index is 11.0. The van der Waals surface area contributed by atoms with Gasteiger partial charge in [0.25, 0.3) is 0 Å². The van der Waals surface area contributed by atoms with Crippen molar-refractivity contribution >= 4 is 24.5 Å². The summed E-state index contributed by atoms with van der Waals surface area (Å²) in [5.41, 5.74) is 9.22. The van der Waals surface area contributed by atoms with E-state index in [4.69, 9.17) is 10.8 Å². The normalized spacial score (nSPS) is 11.7. The number of hydrogen-bond donors (Lipinski definition) is 4. The number of hydrogen-bond acceptors (Lipinski definition) is 5. The number of nitrogens with two attached hydrogens (primary N) is 1. The molecule has 0 aliphatic rings. The van der Waals surface area contributed by atoms with Crippen LogP contribution in [0.5, 0.6) is 0 Å². The molecule has 0 aromatic heterocycles. The van der Waals surface area contributed by atoms with Gasteiger partial charge in [-0.05, 0) is 0 Å². The van der Waals surface area contributed by atoms with Crippen LogP contribution in [0.3, 0.4) is 0 Å². The average molecular weight is 263 g/mol. The molecule has 0 heterocycles. The van der Waals surface area contributed by atoms with Crippen LogP contribution in [0.25, 0.3) is 0 Å². The number of carboxylic acids is 1. The molecule has 1 atom stereocenters. The van der Waals surface area contributed by atoms with Crippen LogP contribution in [0.15, 0.2) is 12.1 Å². The molecular weight excluding hydrogens is 245 g/mol.